The minimum absolute atomic E-state index is 0.222. The van der Waals surface area contributed by atoms with Gasteiger partial charge >= 0.3 is 0 Å². The van der Waals surface area contributed by atoms with Gasteiger partial charge in [0.2, 0.25) is 0 Å². The molecule has 1 aliphatic rings. The number of aliphatic hydroxyl groups is 1. The second-order valence-electron chi connectivity index (χ2n) is 5.21. The van der Waals surface area contributed by atoms with Crippen LogP contribution in [0.1, 0.15) is 39.5 Å². The number of ether oxygens (including phenoxy) is 1. The monoisotopic (exact) mass is 269 g/mol. The topological polar surface area (TPSA) is 32.7 Å². The highest BCUT2D eigenvalue weighted by molar-refractivity contribution is 5.33. The van der Waals surface area contributed by atoms with Gasteiger partial charge in [-0.05, 0) is 44.5 Å². The number of nitrogens with zero attached hydrogens (tertiary/aromatic N) is 1. The Hall–Kier alpha value is -1.06. The van der Waals surface area contributed by atoms with Gasteiger partial charge in [-0.1, -0.05) is 25.0 Å². The molecular formula is C16H25NO2. The molecule has 3 nitrogen and oxygen atoms in total. The van der Waals surface area contributed by atoms with E-state index in [2.05, 4.69) is 0 Å². The minimum Gasteiger partial charge on any atom is -0.497 e. The quantitative estimate of drug-likeness (QED) is 0.912. The van der Waals surface area contributed by atoms with Crippen molar-refractivity contribution in [3.05, 3.63) is 29.8 Å². The average Bonchev–Trinajstić information content (AvgIpc) is 2.51. The zero-order valence-corrected chi connectivity index (χ0v) is 11.2. The molecule has 1 N–H and O–H groups in total. The van der Waals surface area contributed by atoms with Crippen LogP contribution in [-0.4, -0.2) is 37.6 Å². The van der Waals surface area contributed by atoms with Crippen LogP contribution in [0.15, 0.2) is 24.3 Å². The molecule has 1 fully saturated rings. The van der Waals surface area contributed by atoms with E-state index in [-0.39, 0.29) is 6.54 Å². The second-order valence-corrected chi connectivity index (χ2v) is 5.21. The molecule has 1 aromatic rings. The van der Waals surface area contributed by atoms with Crippen LogP contribution < -0.4 is 4.74 Å². The van der Waals surface area contributed by atoms with E-state index in [9.17, 15) is 5.11 Å². The molecule has 1 saturated carbocycles. The summed E-state index contributed by atoms with van der Waals surface area (Å²) in [6, 6.07) is 7.04. The van der Waals surface area contributed by atoms with E-state index >= 15 is 0 Å². The summed E-state index contributed by atoms with van der Waals surface area (Å²) in [4.78, 5) is 0.543. The summed E-state index contributed by atoms with van der Waals surface area (Å²) in [5, 5.41) is 11.4. The van der Waals surface area contributed by atoms with Crippen LogP contribution in [0.25, 0.3) is 0 Å². The van der Waals surface area contributed by atoms with Gasteiger partial charge in [-0.15, -0.1) is 0 Å². The molecule has 1 aromatic carbocycles. The molecule has 0 aliphatic heterocycles. The van der Waals surface area contributed by atoms with Crippen molar-refractivity contribution >= 4 is 0 Å². The van der Waals surface area contributed by atoms with Crippen LogP contribution in [0.2, 0.25) is 0 Å². The normalized spacial score (nSPS) is 33.5. The van der Waals surface area contributed by atoms with Gasteiger partial charge in [0.05, 0.1) is 12.7 Å². The third-order valence-corrected chi connectivity index (χ3v) is 4.01. The van der Waals surface area contributed by atoms with Crippen molar-refractivity contribution in [2.45, 2.75) is 31.3 Å². The van der Waals surface area contributed by atoms with Crippen molar-refractivity contribution in [1.29, 1.82) is 0 Å². The van der Waals surface area contributed by atoms with E-state index in [1.807, 2.05) is 0 Å². The molecule has 0 radical (unpaired) electrons. The standard InChI is InChI=1S/C16H25NO2/c1-17(2)12-14-7-4-5-10-16(14,18)13-8-6-9-15(11-13)19-3/h6,8-9,11,14,18H,4-5,7,10,12H2,1-3H3/t14-,16-/m1/s1/i1D3,2D3. The maximum atomic E-state index is 11.4. The average molecular weight is 269 g/mol. The van der Waals surface area contributed by atoms with Gasteiger partial charge in [0, 0.05) is 20.7 Å². The van der Waals surface area contributed by atoms with Gasteiger partial charge in [0.1, 0.15) is 5.75 Å². The lowest BCUT2D eigenvalue weighted by Gasteiger charge is -2.41. The van der Waals surface area contributed by atoms with Crippen LogP contribution in [0, 0.1) is 5.92 Å². The molecule has 2 atom stereocenters. The number of methoxy groups -OCH3 is 1. The number of benzene rings is 1. The molecule has 0 aromatic heterocycles. The lowest BCUT2D eigenvalue weighted by Crippen LogP contribution is -2.43. The van der Waals surface area contributed by atoms with Crippen molar-refractivity contribution < 1.29 is 18.1 Å². The molecule has 0 saturated heterocycles. The van der Waals surface area contributed by atoms with Crippen molar-refractivity contribution in [2.24, 2.45) is 5.92 Å². The second kappa shape index (κ2) is 5.93. The fourth-order valence-corrected chi connectivity index (χ4v) is 2.96. The Bertz CT molecular complexity index is 575. The van der Waals surface area contributed by atoms with E-state index in [0.29, 0.717) is 29.1 Å². The van der Waals surface area contributed by atoms with Crippen LogP contribution in [-0.2, 0) is 5.60 Å². The first-order valence-electron chi connectivity index (χ1n) is 9.63. The minimum atomic E-state index is -2.75. The Balaban J connectivity index is 2.36. The molecule has 19 heavy (non-hydrogen) atoms. The van der Waals surface area contributed by atoms with Gasteiger partial charge in [-0.3, -0.25) is 0 Å². The number of hydrogen-bond donors (Lipinski definition) is 1. The Morgan fingerprint density at radius 3 is 3.05 bits per heavy atom. The largest absolute Gasteiger partial charge is 0.497 e. The first-order chi connectivity index (χ1) is 11.5. The summed E-state index contributed by atoms with van der Waals surface area (Å²) in [5.74, 6) is 0.105. The van der Waals surface area contributed by atoms with Crippen molar-refractivity contribution in [1.82, 2.24) is 4.90 Å². The Morgan fingerprint density at radius 2 is 2.32 bits per heavy atom. The fourth-order valence-electron chi connectivity index (χ4n) is 2.96. The lowest BCUT2D eigenvalue weighted by molar-refractivity contribution is -0.0619. The summed E-state index contributed by atoms with van der Waals surface area (Å²) in [7, 11) is 1.53. The highest BCUT2D eigenvalue weighted by atomic mass is 16.5. The molecular weight excluding hydrogens is 238 g/mol. The van der Waals surface area contributed by atoms with E-state index in [1.54, 1.807) is 24.3 Å². The lowest BCUT2D eigenvalue weighted by atomic mass is 9.71. The van der Waals surface area contributed by atoms with Crippen LogP contribution in [0.5, 0.6) is 5.75 Å². The Morgan fingerprint density at radius 1 is 1.47 bits per heavy atom. The highest BCUT2D eigenvalue weighted by Gasteiger charge is 2.40. The molecule has 0 heterocycles. The molecule has 0 unspecified atom stereocenters. The van der Waals surface area contributed by atoms with E-state index in [0.717, 1.165) is 12.8 Å². The van der Waals surface area contributed by atoms with Gasteiger partial charge in [-0.2, -0.15) is 0 Å². The van der Waals surface area contributed by atoms with Crippen molar-refractivity contribution in [3.63, 3.8) is 0 Å². The fraction of sp³-hybridized carbons (Fsp3) is 0.625. The van der Waals surface area contributed by atoms with Gasteiger partial charge in [0.15, 0.2) is 0 Å². The summed E-state index contributed by atoms with van der Waals surface area (Å²) in [5.41, 5.74) is -0.644. The Kier molecular flexibility index (Phi) is 2.58. The smallest absolute Gasteiger partial charge is 0.119 e. The van der Waals surface area contributed by atoms with E-state index in [4.69, 9.17) is 13.0 Å². The van der Waals surface area contributed by atoms with E-state index < -0.39 is 25.5 Å². The first kappa shape index (κ1) is 8.28. The first-order valence-corrected chi connectivity index (χ1v) is 6.63. The molecule has 0 spiro atoms. The van der Waals surface area contributed by atoms with Crippen molar-refractivity contribution in [2.75, 3.05) is 27.6 Å². The summed E-state index contributed by atoms with van der Waals surface area (Å²) < 4.78 is 50.6. The molecule has 106 valence electrons. The zero-order chi connectivity index (χ0) is 18.9. The Labute approximate surface area is 124 Å². The summed E-state index contributed by atoms with van der Waals surface area (Å²) in [6.45, 7) is -5.73. The zero-order valence-electron chi connectivity index (χ0n) is 17.2. The molecule has 2 rings (SSSR count). The third-order valence-electron chi connectivity index (χ3n) is 4.01. The molecule has 1 aliphatic carbocycles. The van der Waals surface area contributed by atoms with E-state index in [1.165, 1.54) is 7.11 Å². The predicted octanol–water partition coefficient (Wildman–Crippen LogP) is 2.63. The van der Waals surface area contributed by atoms with Gasteiger partial charge in [0.25, 0.3) is 0 Å². The molecule has 0 bridgehead atoms. The molecule has 3 heteroatoms. The number of hydrogen-bond acceptors (Lipinski definition) is 3. The summed E-state index contributed by atoms with van der Waals surface area (Å²) in [6.07, 6.45) is 2.65. The predicted molar refractivity (Wildman–Crippen MR) is 77.4 cm³/mol. The number of rotatable bonds is 4. The van der Waals surface area contributed by atoms with Gasteiger partial charge in [-0.25, -0.2) is 0 Å². The van der Waals surface area contributed by atoms with Gasteiger partial charge < -0.3 is 14.7 Å². The van der Waals surface area contributed by atoms with Crippen LogP contribution >= 0.6 is 0 Å². The third kappa shape index (κ3) is 3.10. The summed E-state index contributed by atoms with van der Waals surface area (Å²) >= 11 is 0. The van der Waals surface area contributed by atoms with Crippen LogP contribution in [0.3, 0.4) is 0 Å². The SMILES string of the molecule is [2H]C([2H])([2H])N(C[C@H]1CCCC[C@@]1(O)c1cccc(OC)c1)C([2H])([2H])[2H]. The van der Waals surface area contributed by atoms with Crippen LogP contribution in [0.4, 0.5) is 0 Å². The maximum absolute atomic E-state index is 11.4. The van der Waals surface area contributed by atoms with Crippen molar-refractivity contribution in [3.8, 4) is 5.75 Å². The molecule has 0 amide bonds. The highest BCUT2D eigenvalue weighted by Crippen LogP contribution is 2.42. The maximum Gasteiger partial charge on any atom is 0.119 e.